The fourth-order valence-electron chi connectivity index (χ4n) is 6.20. The first-order valence-electron chi connectivity index (χ1n) is 13.0. The molecule has 4 heterocycles. The van der Waals surface area contributed by atoms with Crippen LogP contribution in [0, 0.1) is 11.8 Å². The molecule has 0 saturated carbocycles. The van der Waals surface area contributed by atoms with Crippen molar-refractivity contribution in [2.45, 2.75) is 50.5 Å². The van der Waals surface area contributed by atoms with Gasteiger partial charge in [0.05, 0.1) is 10.7 Å². The predicted molar refractivity (Wildman–Crippen MR) is 150 cm³/mol. The van der Waals surface area contributed by atoms with Crippen molar-refractivity contribution in [3.05, 3.63) is 94.0 Å². The van der Waals surface area contributed by atoms with E-state index in [0.717, 1.165) is 13.1 Å². The molecule has 0 N–H and O–H groups in total. The maximum absolute atomic E-state index is 2.57. The van der Waals surface area contributed by atoms with Crippen LogP contribution < -0.4 is 9.47 Å². The largest absolute Gasteiger partial charge is 0.335 e. The topological polar surface area (TPSA) is 7.12 Å². The van der Waals surface area contributed by atoms with E-state index in [1.54, 1.807) is 0 Å². The Morgan fingerprint density at radius 2 is 1.94 bits per heavy atom. The molecule has 0 bridgehead atoms. The Balaban J connectivity index is 1.18. The number of allylic oxidation sites excluding steroid dienone is 7. The summed E-state index contributed by atoms with van der Waals surface area (Å²) in [6.45, 7) is 4.68. The lowest BCUT2D eigenvalue weighted by Crippen LogP contribution is -2.38. The van der Waals surface area contributed by atoms with Gasteiger partial charge in [0.15, 0.2) is 6.54 Å². The van der Waals surface area contributed by atoms with Gasteiger partial charge in [0.2, 0.25) is 5.52 Å². The molecule has 2 aromatic carbocycles. The summed E-state index contributed by atoms with van der Waals surface area (Å²) in [5, 5.41) is 2.89. The van der Waals surface area contributed by atoms with E-state index in [4.69, 9.17) is 0 Å². The van der Waals surface area contributed by atoms with Gasteiger partial charge in [-0.25, -0.2) is 0 Å². The zero-order valence-corrected chi connectivity index (χ0v) is 21.9. The highest BCUT2D eigenvalue weighted by atomic mass is 32.2. The number of rotatable bonds is 2. The Labute approximate surface area is 216 Å². The number of hydrogen-bond acceptors (Lipinski definition) is 3. The minimum Gasteiger partial charge on any atom is -0.335 e. The lowest BCUT2D eigenvalue weighted by molar-refractivity contribution is -0.672. The lowest BCUT2D eigenvalue weighted by atomic mass is 9.84. The molecule has 2 unspecified atom stereocenters. The second kappa shape index (κ2) is 8.83. The maximum atomic E-state index is 2.57. The van der Waals surface area contributed by atoms with Crippen LogP contribution in [-0.4, -0.2) is 6.54 Å². The first-order chi connectivity index (χ1) is 17.2. The van der Waals surface area contributed by atoms with Gasteiger partial charge in [-0.05, 0) is 73.4 Å². The molecule has 176 valence electrons. The van der Waals surface area contributed by atoms with E-state index in [0.29, 0.717) is 11.8 Å². The molecule has 7 rings (SSSR count). The average molecular weight is 496 g/mol. The van der Waals surface area contributed by atoms with E-state index in [-0.39, 0.29) is 0 Å². The number of aryl methyl sites for hydroxylation is 1. The van der Waals surface area contributed by atoms with Gasteiger partial charge in [0.25, 0.3) is 5.01 Å². The van der Waals surface area contributed by atoms with Crippen molar-refractivity contribution in [3.8, 4) is 0 Å². The molecular weight excluding hydrogens is 464 g/mol. The number of aromatic nitrogens is 1. The van der Waals surface area contributed by atoms with Crippen LogP contribution in [0.5, 0.6) is 0 Å². The van der Waals surface area contributed by atoms with E-state index in [1.807, 2.05) is 23.1 Å². The third kappa shape index (κ3) is 4.01. The highest BCUT2D eigenvalue weighted by Gasteiger charge is 2.30. The van der Waals surface area contributed by atoms with Crippen molar-refractivity contribution in [2.75, 3.05) is 11.4 Å². The Morgan fingerprint density at radius 1 is 1.06 bits per heavy atom. The van der Waals surface area contributed by atoms with Crippen molar-refractivity contribution in [1.29, 1.82) is 0 Å². The molecule has 4 aliphatic rings. The van der Waals surface area contributed by atoms with Crippen LogP contribution in [0.1, 0.15) is 44.0 Å². The second-order valence-corrected chi connectivity index (χ2v) is 12.5. The molecule has 2 nitrogen and oxygen atoms in total. The molecular formula is C31H31N2S2+. The second-order valence-electron chi connectivity index (χ2n) is 10.5. The summed E-state index contributed by atoms with van der Waals surface area (Å²) in [6, 6.07) is 17.7. The van der Waals surface area contributed by atoms with Crippen LogP contribution in [0.3, 0.4) is 0 Å². The molecule has 0 amide bonds. The molecule has 0 fully saturated rings. The van der Waals surface area contributed by atoms with Crippen molar-refractivity contribution in [3.63, 3.8) is 0 Å². The summed E-state index contributed by atoms with van der Waals surface area (Å²) < 4.78 is 3.96. The number of para-hydroxylation sites is 2. The Kier molecular flexibility index (Phi) is 5.47. The van der Waals surface area contributed by atoms with Gasteiger partial charge in [-0.2, -0.15) is 4.57 Å². The number of benzene rings is 2. The Morgan fingerprint density at radius 3 is 2.91 bits per heavy atom. The van der Waals surface area contributed by atoms with Crippen LogP contribution in [0.4, 0.5) is 5.69 Å². The molecule has 3 aliphatic heterocycles. The highest BCUT2D eigenvalue weighted by Crippen LogP contribution is 2.48. The third-order valence-corrected chi connectivity index (χ3v) is 10.1. The zero-order valence-electron chi connectivity index (χ0n) is 20.2. The molecule has 2 atom stereocenters. The number of fused-ring (bicyclic) bond motifs is 6. The zero-order chi connectivity index (χ0) is 23.4. The summed E-state index contributed by atoms with van der Waals surface area (Å²) in [5.41, 5.74) is 7.37. The maximum Gasteiger partial charge on any atom is 0.265 e. The average Bonchev–Trinajstić information content (AvgIpc) is 3.42. The highest BCUT2D eigenvalue weighted by molar-refractivity contribution is 8.03. The van der Waals surface area contributed by atoms with E-state index < -0.39 is 0 Å². The van der Waals surface area contributed by atoms with E-state index in [9.17, 15) is 0 Å². The first-order valence-corrected chi connectivity index (χ1v) is 14.6. The Hall–Kier alpha value is -2.56. The van der Waals surface area contributed by atoms with Gasteiger partial charge in [0, 0.05) is 29.5 Å². The van der Waals surface area contributed by atoms with E-state index in [2.05, 4.69) is 89.2 Å². The van der Waals surface area contributed by atoms with E-state index >= 15 is 0 Å². The van der Waals surface area contributed by atoms with Crippen molar-refractivity contribution in [1.82, 2.24) is 0 Å². The fraction of sp³-hybridized carbons (Fsp3) is 0.323. The predicted octanol–water partition coefficient (Wildman–Crippen LogP) is 8.12. The standard InChI is InChI=1S/C31H31N2S2/c1-21-15-23(17-22-12-14-32-26-8-2-4-10-28(26)34-30(32)20-22)18-24(16-21)19-25-7-6-13-33-27-9-3-5-11-29(27)35-31(25)33/h2-5,8-11,17-22H,6-7,12-16H2,1H3/q+1/b23-17-,25-19+. The Bertz CT molecular complexity index is 1440. The minimum absolute atomic E-state index is 0.535. The molecule has 0 radical (unpaired) electrons. The minimum atomic E-state index is 0.535. The molecule has 3 aromatic rings. The quantitative estimate of drug-likeness (QED) is 0.331. The first kappa shape index (κ1) is 21.7. The van der Waals surface area contributed by atoms with Crippen LogP contribution in [0.15, 0.2) is 93.9 Å². The van der Waals surface area contributed by atoms with Gasteiger partial charge >= 0.3 is 0 Å². The van der Waals surface area contributed by atoms with Crippen LogP contribution in [0.2, 0.25) is 0 Å². The summed E-state index contributed by atoms with van der Waals surface area (Å²) in [6.07, 6.45) is 16.2. The number of thiazole rings is 1. The summed E-state index contributed by atoms with van der Waals surface area (Å²) in [4.78, 5) is 3.91. The monoisotopic (exact) mass is 495 g/mol. The number of nitrogens with zero attached hydrogens (tertiary/aromatic N) is 2. The normalized spacial score (nSPS) is 25.9. The van der Waals surface area contributed by atoms with Crippen LogP contribution >= 0.6 is 23.1 Å². The lowest BCUT2D eigenvalue weighted by Gasteiger charge is -2.28. The number of hydrogen-bond donors (Lipinski definition) is 0. The summed E-state index contributed by atoms with van der Waals surface area (Å²) in [5.74, 6) is 1.24. The molecule has 0 spiro atoms. The fourth-order valence-corrected chi connectivity index (χ4v) is 8.62. The van der Waals surface area contributed by atoms with Crippen molar-refractivity contribution >= 4 is 44.6 Å². The molecule has 4 heteroatoms. The summed E-state index contributed by atoms with van der Waals surface area (Å²) in [7, 11) is 0. The summed E-state index contributed by atoms with van der Waals surface area (Å²) >= 11 is 3.91. The van der Waals surface area contributed by atoms with Gasteiger partial charge in [0.1, 0.15) is 4.70 Å². The van der Waals surface area contributed by atoms with Gasteiger partial charge in [-0.15, -0.1) is 0 Å². The van der Waals surface area contributed by atoms with Crippen LogP contribution in [-0.2, 0) is 6.54 Å². The molecule has 35 heavy (non-hydrogen) atoms. The van der Waals surface area contributed by atoms with Gasteiger partial charge in [-0.3, -0.25) is 0 Å². The van der Waals surface area contributed by atoms with Crippen molar-refractivity contribution < 1.29 is 4.57 Å². The van der Waals surface area contributed by atoms with E-state index in [1.165, 1.54) is 79.7 Å². The number of thioether (sulfide) groups is 1. The smallest absolute Gasteiger partial charge is 0.265 e. The SMILES string of the molecule is CC1CC(/C=C2\CCC[n+]3c2sc2ccccc23)=CC(=C\C2C=C3Sc4ccccc4N3CC2)/C1. The number of anilines is 1. The molecule has 0 saturated heterocycles. The van der Waals surface area contributed by atoms with Gasteiger partial charge in [-0.1, -0.05) is 72.0 Å². The van der Waals surface area contributed by atoms with Crippen LogP contribution in [0.25, 0.3) is 15.8 Å². The molecule has 1 aromatic heterocycles. The van der Waals surface area contributed by atoms with Gasteiger partial charge < -0.3 is 4.90 Å². The molecule has 1 aliphatic carbocycles. The third-order valence-electron chi connectivity index (χ3n) is 7.72. The van der Waals surface area contributed by atoms with Crippen molar-refractivity contribution in [2.24, 2.45) is 11.8 Å².